The molecule has 0 saturated carbocycles. The van der Waals surface area contributed by atoms with Crippen LogP contribution in [0, 0.1) is 13.8 Å². The predicted octanol–water partition coefficient (Wildman–Crippen LogP) is 2.60. The number of hydrogen-bond acceptors (Lipinski definition) is 3. The van der Waals surface area contributed by atoms with Crippen molar-refractivity contribution in [2.45, 2.75) is 13.8 Å². The number of aryl methyl sites for hydroxylation is 2. The molecule has 0 saturated heterocycles. The van der Waals surface area contributed by atoms with Crippen molar-refractivity contribution in [1.82, 2.24) is 14.6 Å². The third kappa shape index (κ3) is 1.62. The summed E-state index contributed by atoms with van der Waals surface area (Å²) in [7, 11) is 0. The molecule has 2 heterocycles. The number of benzene rings is 1. The highest BCUT2D eigenvalue weighted by Gasteiger charge is 2.09. The zero-order valence-corrected chi connectivity index (χ0v) is 10.4. The van der Waals surface area contributed by atoms with Crippen LogP contribution >= 0.6 is 0 Å². The van der Waals surface area contributed by atoms with Crippen molar-refractivity contribution in [3.05, 3.63) is 47.7 Å². The molecule has 2 N–H and O–H groups in total. The quantitative estimate of drug-likeness (QED) is 0.709. The second kappa shape index (κ2) is 3.84. The largest absolute Gasteiger partial charge is 0.395 e. The lowest BCUT2D eigenvalue weighted by Gasteiger charge is -1.98. The van der Waals surface area contributed by atoms with Crippen LogP contribution in [0.25, 0.3) is 17.0 Å². The van der Waals surface area contributed by atoms with Crippen molar-refractivity contribution in [3.8, 4) is 11.4 Å². The van der Waals surface area contributed by atoms with Gasteiger partial charge in [-0.05, 0) is 31.5 Å². The van der Waals surface area contributed by atoms with Gasteiger partial charge in [-0.1, -0.05) is 23.8 Å². The van der Waals surface area contributed by atoms with E-state index in [-0.39, 0.29) is 0 Å². The van der Waals surface area contributed by atoms with E-state index in [1.54, 1.807) is 4.52 Å². The van der Waals surface area contributed by atoms with E-state index in [1.165, 1.54) is 5.56 Å². The van der Waals surface area contributed by atoms with Gasteiger partial charge in [0, 0.05) is 11.8 Å². The van der Waals surface area contributed by atoms with E-state index in [2.05, 4.69) is 29.1 Å². The third-order valence-electron chi connectivity index (χ3n) is 3.04. The first kappa shape index (κ1) is 10.8. The lowest BCUT2D eigenvalue weighted by Crippen LogP contribution is -1.96. The summed E-state index contributed by atoms with van der Waals surface area (Å²) in [6.45, 7) is 4.02. The average molecular weight is 238 g/mol. The van der Waals surface area contributed by atoms with Crippen molar-refractivity contribution in [1.29, 1.82) is 0 Å². The molecular weight excluding hydrogens is 224 g/mol. The highest BCUT2D eigenvalue weighted by molar-refractivity contribution is 5.71. The molecule has 18 heavy (non-hydrogen) atoms. The summed E-state index contributed by atoms with van der Waals surface area (Å²) in [4.78, 5) is 4.51. The molecule has 0 aliphatic rings. The van der Waals surface area contributed by atoms with Gasteiger partial charge in [0.2, 0.25) is 0 Å². The van der Waals surface area contributed by atoms with Gasteiger partial charge in [-0.2, -0.15) is 0 Å². The van der Waals surface area contributed by atoms with Crippen molar-refractivity contribution in [2.24, 2.45) is 0 Å². The zero-order chi connectivity index (χ0) is 12.7. The van der Waals surface area contributed by atoms with Gasteiger partial charge in [0.1, 0.15) is 0 Å². The Morgan fingerprint density at radius 1 is 1.17 bits per heavy atom. The minimum absolute atomic E-state index is 0.684. The van der Waals surface area contributed by atoms with Crippen LogP contribution in [0.2, 0.25) is 0 Å². The third-order valence-corrected chi connectivity index (χ3v) is 3.04. The van der Waals surface area contributed by atoms with Crippen LogP contribution in [0.1, 0.15) is 11.1 Å². The highest BCUT2D eigenvalue weighted by Crippen LogP contribution is 2.21. The monoisotopic (exact) mass is 238 g/mol. The lowest BCUT2D eigenvalue weighted by atomic mass is 10.1. The molecule has 4 nitrogen and oxygen atoms in total. The first-order valence-corrected chi connectivity index (χ1v) is 5.83. The van der Waals surface area contributed by atoms with Crippen LogP contribution < -0.4 is 5.73 Å². The SMILES string of the molecule is Cc1cccc(-c2nc3c(N)c(C)ccn3n2)c1. The van der Waals surface area contributed by atoms with Gasteiger partial charge in [0.15, 0.2) is 11.5 Å². The van der Waals surface area contributed by atoms with Crippen LogP contribution in [-0.4, -0.2) is 14.6 Å². The molecule has 0 amide bonds. The fourth-order valence-corrected chi connectivity index (χ4v) is 1.97. The minimum atomic E-state index is 0.684. The Balaban J connectivity index is 2.23. The Labute approximate surface area is 105 Å². The van der Waals surface area contributed by atoms with Crippen LogP contribution in [0.5, 0.6) is 0 Å². The molecule has 0 fully saturated rings. The van der Waals surface area contributed by atoms with Crippen molar-refractivity contribution in [3.63, 3.8) is 0 Å². The van der Waals surface area contributed by atoms with Crippen LogP contribution in [-0.2, 0) is 0 Å². The molecule has 1 aromatic carbocycles. The first-order chi connectivity index (χ1) is 8.65. The van der Waals surface area contributed by atoms with Gasteiger partial charge in [-0.15, -0.1) is 5.10 Å². The fraction of sp³-hybridized carbons (Fsp3) is 0.143. The molecule has 3 rings (SSSR count). The Hall–Kier alpha value is -2.36. The number of fused-ring (bicyclic) bond motifs is 1. The number of nitrogens with two attached hydrogens (primary N) is 1. The van der Waals surface area contributed by atoms with Gasteiger partial charge >= 0.3 is 0 Å². The summed E-state index contributed by atoms with van der Waals surface area (Å²) in [6, 6.07) is 10.1. The number of aromatic nitrogens is 3. The van der Waals surface area contributed by atoms with E-state index >= 15 is 0 Å². The number of rotatable bonds is 1. The summed E-state index contributed by atoms with van der Waals surface area (Å²) in [6.07, 6.45) is 1.88. The van der Waals surface area contributed by atoms with E-state index in [1.807, 2.05) is 31.3 Å². The van der Waals surface area contributed by atoms with Crippen molar-refractivity contribution in [2.75, 3.05) is 5.73 Å². The fourth-order valence-electron chi connectivity index (χ4n) is 1.97. The van der Waals surface area contributed by atoms with Gasteiger partial charge in [-0.3, -0.25) is 0 Å². The van der Waals surface area contributed by atoms with Crippen molar-refractivity contribution >= 4 is 11.3 Å². The van der Waals surface area contributed by atoms with Crippen LogP contribution in [0.4, 0.5) is 5.69 Å². The summed E-state index contributed by atoms with van der Waals surface area (Å²) in [5, 5.41) is 4.45. The maximum absolute atomic E-state index is 6.02. The number of hydrogen-bond donors (Lipinski definition) is 1. The lowest BCUT2D eigenvalue weighted by molar-refractivity contribution is 0.964. The summed E-state index contributed by atoms with van der Waals surface area (Å²) >= 11 is 0. The molecule has 2 aromatic heterocycles. The molecule has 0 aliphatic heterocycles. The molecule has 0 radical (unpaired) electrons. The number of nitrogens with zero attached hydrogens (tertiary/aromatic N) is 3. The molecule has 0 aliphatic carbocycles. The van der Waals surface area contributed by atoms with E-state index in [0.29, 0.717) is 17.2 Å². The van der Waals surface area contributed by atoms with Gasteiger partial charge < -0.3 is 5.73 Å². The maximum atomic E-state index is 6.02. The van der Waals surface area contributed by atoms with Crippen LogP contribution in [0.15, 0.2) is 36.5 Å². The maximum Gasteiger partial charge on any atom is 0.182 e. The second-order valence-electron chi connectivity index (χ2n) is 4.49. The Morgan fingerprint density at radius 2 is 2.00 bits per heavy atom. The smallest absolute Gasteiger partial charge is 0.182 e. The van der Waals surface area contributed by atoms with Gasteiger partial charge in [0.05, 0.1) is 5.69 Å². The normalized spacial score (nSPS) is 11.0. The standard InChI is InChI=1S/C14H14N4/c1-9-4-3-5-11(8-9)13-16-14-12(15)10(2)6-7-18(14)17-13/h3-8H,15H2,1-2H3. The molecule has 4 heteroatoms. The molecule has 0 atom stereocenters. The van der Waals surface area contributed by atoms with E-state index < -0.39 is 0 Å². The Kier molecular flexibility index (Phi) is 2.30. The molecule has 3 aromatic rings. The average Bonchev–Trinajstić information content (AvgIpc) is 2.79. The summed E-state index contributed by atoms with van der Waals surface area (Å²) < 4.78 is 1.72. The van der Waals surface area contributed by atoms with Gasteiger partial charge in [-0.25, -0.2) is 9.50 Å². The number of pyridine rings is 1. The summed E-state index contributed by atoms with van der Waals surface area (Å²) in [5.74, 6) is 0.705. The zero-order valence-electron chi connectivity index (χ0n) is 10.4. The molecule has 0 spiro atoms. The highest BCUT2D eigenvalue weighted by atomic mass is 15.3. The van der Waals surface area contributed by atoms with E-state index in [4.69, 9.17) is 5.73 Å². The van der Waals surface area contributed by atoms with E-state index in [9.17, 15) is 0 Å². The topological polar surface area (TPSA) is 56.2 Å². The molecule has 90 valence electrons. The Morgan fingerprint density at radius 3 is 2.78 bits per heavy atom. The summed E-state index contributed by atoms with van der Waals surface area (Å²) in [5.41, 5.74) is 10.6. The molecular formula is C14H14N4. The predicted molar refractivity (Wildman–Crippen MR) is 72.3 cm³/mol. The number of anilines is 1. The number of nitrogen functional groups attached to an aromatic ring is 1. The molecule has 0 bridgehead atoms. The van der Waals surface area contributed by atoms with Crippen molar-refractivity contribution < 1.29 is 0 Å². The van der Waals surface area contributed by atoms with Crippen LogP contribution in [0.3, 0.4) is 0 Å². The Bertz CT molecular complexity index is 728. The molecule has 0 unspecified atom stereocenters. The first-order valence-electron chi connectivity index (χ1n) is 5.83. The van der Waals surface area contributed by atoms with E-state index in [0.717, 1.165) is 11.1 Å². The minimum Gasteiger partial charge on any atom is -0.395 e. The second-order valence-corrected chi connectivity index (χ2v) is 4.49. The van der Waals surface area contributed by atoms with Gasteiger partial charge in [0.25, 0.3) is 0 Å².